The van der Waals surface area contributed by atoms with Crippen LogP contribution in [0.5, 0.6) is 0 Å². The summed E-state index contributed by atoms with van der Waals surface area (Å²) < 4.78 is 0. The number of rotatable bonds is 4. The van der Waals surface area contributed by atoms with E-state index in [4.69, 9.17) is 5.73 Å². The van der Waals surface area contributed by atoms with Crippen LogP contribution in [0.15, 0.2) is 34.6 Å². The molecule has 1 aromatic heterocycles. The number of hydrogen-bond donors (Lipinski definition) is 2. The zero-order valence-electron chi connectivity index (χ0n) is 12.1. The number of benzene rings is 1. The molecule has 20 heavy (non-hydrogen) atoms. The van der Waals surface area contributed by atoms with Crippen LogP contribution in [0.4, 0.5) is 5.69 Å². The first-order valence-corrected chi connectivity index (χ1v) is 7.50. The van der Waals surface area contributed by atoms with Gasteiger partial charge in [-0.25, -0.2) is 9.98 Å². The molecule has 2 rings (SSSR count). The lowest BCUT2D eigenvalue weighted by Crippen LogP contribution is -2.22. The highest BCUT2D eigenvalue weighted by atomic mass is 32.1. The molecule has 0 aliphatic rings. The van der Waals surface area contributed by atoms with Gasteiger partial charge < -0.3 is 11.1 Å². The number of nitrogens with zero attached hydrogens (tertiary/aromatic N) is 2. The minimum atomic E-state index is 0.414. The molecule has 0 bridgehead atoms. The van der Waals surface area contributed by atoms with Crippen LogP contribution < -0.4 is 11.1 Å². The third-order valence-electron chi connectivity index (χ3n) is 2.84. The van der Waals surface area contributed by atoms with Crippen LogP contribution in [0.1, 0.15) is 36.0 Å². The van der Waals surface area contributed by atoms with Crippen molar-refractivity contribution < 1.29 is 0 Å². The fourth-order valence-corrected chi connectivity index (χ4v) is 2.60. The summed E-state index contributed by atoms with van der Waals surface area (Å²) in [5.41, 5.74) is 9.14. The van der Waals surface area contributed by atoms with Gasteiger partial charge in [-0.1, -0.05) is 26.0 Å². The Bertz CT molecular complexity index is 601. The van der Waals surface area contributed by atoms with Crippen molar-refractivity contribution in [3.05, 3.63) is 45.9 Å². The van der Waals surface area contributed by atoms with Crippen molar-refractivity contribution >= 4 is 23.0 Å². The van der Waals surface area contributed by atoms with Gasteiger partial charge in [-0.3, -0.25) is 0 Å². The van der Waals surface area contributed by atoms with Gasteiger partial charge in [0.1, 0.15) is 5.01 Å². The molecular formula is C15H20N4S. The number of nitrogens with one attached hydrogen (secondary N) is 1. The third-order valence-corrected chi connectivity index (χ3v) is 3.69. The third kappa shape index (κ3) is 4.06. The molecule has 0 atom stereocenters. The molecule has 0 radical (unpaired) electrons. The average Bonchev–Trinajstić information content (AvgIpc) is 2.85. The fraction of sp³-hybridized carbons (Fsp3) is 0.333. The van der Waals surface area contributed by atoms with E-state index >= 15 is 0 Å². The van der Waals surface area contributed by atoms with E-state index in [0.29, 0.717) is 18.4 Å². The van der Waals surface area contributed by atoms with Gasteiger partial charge in [0, 0.05) is 11.1 Å². The lowest BCUT2D eigenvalue weighted by atomic mass is 10.2. The molecule has 0 saturated carbocycles. The van der Waals surface area contributed by atoms with Gasteiger partial charge in [0.2, 0.25) is 0 Å². The van der Waals surface area contributed by atoms with Crippen LogP contribution in [0, 0.1) is 6.92 Å². The van der Waals surface area contributed by atoms with Crippen LogP contribution in [0.25, 0.3) is 0 Å². The lowest BCUT2D eigenvalue weighted by Gasteiger charge is -2.05. The molecular weight excluding hydrogens is 268 g/mol. The van der Waals surface area contributed by atoms with Crippen molar-refractivity contribution in [1.29, 1.82) is 0 Å². The molecule has 0 amide bonds. The Morgan fingerprint density at radius 2 is 2.25 bits per heavy atom. The molecule has 106 valence electrons. The van der Waals surface area contributed by atoms with Gasteiger partial charge in [0.15, 0.2) is 5.96 Å². The average molecular weight is 288 g/mol. The summed E-state index contributed by atoms with van der Waals surface area (Å²) in [5, 5.41) is 6.16. The predicted molar refractivity (Wildman–Crippen MR) is 86.3 cm³/mol. The Hall–Kier alpha value is -1.88. The van der Waals surface area contributed by atoms with Gasteiger partial charge in [-0.05, 0) is 30.5 Å². The summed E-state index contributed by atoms with van der Waals surface area (Å²) >= 11 is 1.63. The predicted octanol–water partition coefficient (Wildman–Crippen LogP) is 3.50. The van der Waals surface area contributed by atoms with Crippen molar-refractivity contribution in [3.8, 4) is 0 Å². The number of nitrogens with two attached hydrogens (primary N) is 1. The SMILES string of the molecule is Cc1cccc(NC(N)=NCc2nc(C(C)C)cs2)c1. The zero-order valence-corrected chi connectivity index (χ0v) is 12.9. The number of anilines is 1. The van der Waals surface area contributed by atoms with E-state index in [0.717, 1.165) is 16.4 Å². The smallest absolute Gasteiger partial charge is 0.193 e. The van der Waals surface area contributed by atoms with Crippen LogP contribution in [-0.4, -0.2) is 10.9 Å². The second-order valence-corrected chi connectivity index (χ2v) is 5.96. The minimum Gasteiger partial charge on any atom is -0.370 e. The summed E-state index contributed by atoms with van der Waals surface area (Å²) in [7, 11) is 0. The molecule has 5 heteroatoms. The van der Waals surface area contributed by atoms with E-state index in [1.54, 1.807) is 11.3 Å². The highest BCUT2D eigenvalue weighted by Gasteiger charge is 2.05. The van der Waals surface area contributed by atoms with Gasteiger partial charge in [0.05, 0.1) is 12.2 Å². The van der Waals surface area contributed by atoms with E-state index in [1.807, 2.05) is 31.2 Å². The summed E-state index contributed by atoms with van der Waals surface area (Å²) in [6.45, 7) is 6.83. The highest BCUT2D eigenvalue weighted by Crippen LogP contribution is 2.18. The monoisotopic (exact) mass is 288 g/mol. The summed E-state index contributed by atoms with van der Waals surface area (Å²) in [6.07, 6.45) is 0. The van der Waals surface area contributed by atoms with Gasteiger partial charge in [-0.2, -0.15) is 0 Å². The molecule has 2 aromatic rings. The topological polar surface area (TPSA) is 63.3 Å². The number of hydrogen-bond acceptors (Lipinski definition) is 3. The van der Waals surface area contributed by atoms with Crippen molar-refractivity contribution in [3.63, 3.8) is 0 Å². The van der Waals surface area contributed by atoms with Crippen molar-refractivity contribution in [2.45, 2.75) is 33.2 Å². The first kappa shape index (κ1) is 14.5. The van der Waals surface area contributed by atoms with Gasteiger partial charge >= 0.3 is 0 Å². The molecule has 0 saturated heterocycles. The first-order valence-electron chi connectivity index (χ1n) is 6.62. The van der Waals surface area contributed by atoms with E-state index in [-0.39, 0.29) is 0 Å². The Balaban J connectivity index is 1.96. The van der Waals surface area contributed by atoms with Crippen LogP contribution >= 0.6 is 11.3 Å². The molecule has 0 unspecified atom stereocenters. The number of thiazole rings is 1. The van der Waals surface area contributed by atoms with Crippen LogP contribution in [0.2, 0.25) is 0 Å². The standard InChI is InChI=1S/C15H20N4S/c1-10(2)13-9-20-14(19-13)8-17-15(16)18-12-6-4-5-11(3)7-12/h4-7,9-10H,8H2,1-3H3,(H3,16,17,18). The largest absolute Gasteiger partial charge is 0.370 e. The van der Waals surface area contributed by atoms with E-state index in [2.05, 4.69) is 34.5 Å². The summed E-state index contributed by atoms with van der Waals surface area (Å²) in [4.78, 5) is 8.85. The first-order chi connectivity index (χ1) is 9.54. The summed E-state index contributed by atoms with van der Waals surface area (Å²) in [6, 6.07) is 8.03. The van der Waals surface area contributed by atoms with E-state index < -0.39 is 0 Å². The van der Waals surface area contributed by atoms with Crippen LogP contribution in [0.3, 0.4) is 0 Å². The Morgan fingerprint density at radius 3 is 2.90 bits per heavy atom. The zero-order chi connectivity index (χ0) is 14.5. The number of aromatic nitrogens is 1. The summed E-state index contributed by atoms with van der Waals surface area (Å²) in [5.74, 6) is 0.864. The minimum absolute atomic E-state index is 0.414. The van der Waals surface area contributed by atoms with Crippen LogP contribution in [-0.2, 0) is 6.54 Å². The normalized spacial score (nSPS) is 11.9. The molecule has 0 aliphatic carbocycles. The van der Waals surface area contributed by atoms with Crippen molar-refractivity contribution in [1.82, 2.24) is 4.98 Å². The number of guanidine groups is 1. The lowest BCUT2D eigenvalue weighted by molar-refractivity contribution is 0.821. The van der Waals surface area contributed by atoms with Crippen molar-refractivity contribution in [2.75, 3.05) is 5.32 Å². The molecule has 1 heterocycles. The molecule has 3 N–H and O–H groups in total. The molecule has 0 aliphatic heterocycles. The number of aliphatic imine (C=N–C) groups is 1. The number of aryl methyl sites for hydroxylation is 1. The Morgan fingerprint density at radius 1 is 1.45 bits per heavy atom. The van der Waals surface area contributed by atoms with E-state index in [9.17, 15) is 0 Å². The molecule has 0 fully saturated rings. The van der Waals surface area contributed by atoms with Crippen molar-refractivity contribution in [2.24, 2.45) is 10.7 Å². The van der Waals surface area contributed by atoms with Gasteiger partial charge in [0.25, 0.3) is 0 Å². The molecule has 4 nitrogen and oxygen atoms in total. The Labute approximate surface area is 123 Å². The fourth-order valence-electron chi connectivity index (χ4n) is 1.73. The quantitative estimate of drug-likeness (QED) is 0.668. The highest BCUT2D eigenvalue weighted by molar-refractivity contribution is 7.09. The second-order valence-electron chi connectivity index (χ2n) is 5.02. The maximum atomic E-state index is 5.89. The maximum absolute atomic E-state index is 5.89. The van der Waals surface area contributed by atoms with Gasteiger partial charge in [-0.15, -0.1) is 11.3 Å². The second kappa shape index (κ2) is 6.52. The van der Waals surface area contributed by atoms with E-state index in [1.165, 1.54) is 5.56 Å². The Kier molecular flexibility index (Phi) is 4.74. The molecule has 1 aromatic carbocycles. The molecule has 0 spiro atoms. The maximum Gasteiger partial charge on any atom is 0.193 e.